The first-order valence-corrected chi connectivity index (χ1v) is 7.66. The molecule has 0 unspecified atom stereocenters. The molecule has 0 aliphatic carbocycles. The van der Waals surface area contributed by atoms with Gasteiger partial charge >= 0.3 is 0 Å². The summed E-state index contributed by atoms with van der Waals surface area (Å²) in [5, 5.41) is 0.632. The van der Waals surface area contributed by atoms with Crippen LogP contribution < -0.4 is 5.73 Å². The van der Waals surface area contributed by atoms with Gasteiger partial charge in [0.15, 0.2) is 5.13 Å². The molecule has 0 saturated heterocycles. The van der Waals surface area contributed by atoms with Crippen LogP contribution in [0.3, 0.4) is 0 Å². The van der Waals surface area contributed by atoms with Crippen molar-refractivity contribution >= 4 is 32.4 Å². The molecule has 0 aliphatic rings. The number of nitrogens with two attached hydrogens (primary N) is 1. The Balaban J connectivity index is 2.00. The second-order valence-corrected chi connectivity index (χ2v) is 7.02. The van der Waals surface area contributed by atoms with Crippen molar-refractivity contribution in [2.24, 2.45) is 0 Å². The minimum atomic E-state index is 0.589. The third-order valence-electron chi connectivity index (χ3n) is 2.96. The number of nitrogen functional groups attached to an aromatic ring is 1. The molecule has 0 radical (unpaired) electrons. The molecular formula is C14H17BrN2S. The van der Waals surface area contributed by atoms with Crippen LogP contribution in [-0.2, 0) is 12.8 Å². The van der Waals surface area contributed by atoms with Gasteiger partial charge in [-0.25, -0.2) is 4.98 Å². The van der Waals surface area contributed by atoms with E-state index in [0.29, 0.717) is 11.0 Å². The highest BCUT2D eigenvalue weighted by Gasteiger charge is 2.07. The number of nitrogens with zero attached hydrogens (tertiary/aromatic N) is 1. The lowest BCUT2D eigenvalue weighted by atomic mass is 10.00. The average molecular weight is 325 g/mol. The van der Waals surface area contributed by atoms with Crippen LogP contribution in [0.4, 0.5) is 5.13 Å². The lowest BCUT2D eigenvalue weighted by Gasteiger charge is -2.06. The molecule has 0 saturated carbocycles. The van der Waals surface area contributed by atoms with Crippen LogP contribution in [-0.4, -0.2) is 4.98 Å². The van der Waals surface area contributed by atoms with Gasteiger partial charge in [0, 0.05) is 0 Å². The highest BCUT2D eigenvalue weighted by Crippen LogP contribution is 2.27. The van der Waals surface area contributed by atoms with Crippen LogP contribution in [0.25, 0.3) is 0 Å². The summed E-state index contributed by atoms with van der Waals surface area (Å²) in [4.78, 5) is 4.32. The smallest absolute Gasteiger partial charge is 0.181 e. The number of hydrogen-bond donors (Lipinski definition) is 1. The average Bonchev–Trinajstić information content (AvgIpc) is 2.66. The zero-order valence-corrected chi connectivity index (χ0v) is 13.0. The maximum absolute atomic E-state index is 5.68. The molecule has 2 nitrogen and oxygen atoms in total. The van der Waals surface area contributed by atoms with Crippen LogP contribution in [0.1, 0.15) is 36.6 Å². The monoisotopic (exact) mass is 324 g/mol. The van der Waals surface area contributed by atoms with Crippen LogP contribution >= 0.6 is 27.3 Å². The van der Waals surface area contributed by atoms with Crippen LogP contribution in [0.15, 0.2) is 28.1 Å². The molecule has 2 aromatic rings. The number of benzene rings is 1. The second kappa shape index (κ2) is 5.85. The van der Waals surface area contributed by atoms with E-state index in [-0.39, 0.29) is 0 Å². The summed E-state index contributed by atoms with van der Waals surface area (Å²) in [6.07, 6.45) is 1.93. The van der Waals surface area contributed by atoms with Crippen molar-refractivity contribution in [2.75, 3.05) is 5.73 Å². The van der Waals surface area contributed by atoms with Crippen molar-refractivity contribution in [3.8, 4) is 0 Å². The fourth-order valence-corrected chi connectivity index (χ4v) is 3.23. The number of thiazole rings is 1. The normalized spacial score (nSPS) is 11.1. The minimum Gasteiger partial charge on any atom is -0.375 e. The van der Waals surface area contributed by atoms with Crippen molar-refractivity contribution in [1.29, 1.82) is 0 Å². The first-order valence-electron chi connectivity index (χ1n) is 6.05. The van der Waals surface area contributed by atoms with Crippen molar-refractivity contribution in [3.63, 3.8) is 0 Å². The van der Waals surface area contributed by atoms with Gasteiger partial charge in [-0.2, -0.15) is 0 Å². The van der Waals surface area contributed by atoms with Gasteiger partial charge in [0.05, 0.1) is 9.48 Å². The van der Waals surface area contributed by atoms with Gasteiger partial charge in [-0.05, 0) is 45.8 Å². The minimum absolute atomic E-state index is 0.589. The summed E-state index contributed by atoms with van der Waals surface area (Å²) in [5.41, 5.74) is 9.47. The van der Waals surface area contributed by atoms with Gasteiger partial charge in [0.1, 0.15) is 0 Å². The molecule has 4 heteroatoms. The maximum atomic E-state index is 5.68. The van der Waals surface area contributed by atoms with E-state index in [0.717, 1.165) is 22.3 Å². The lowest BCUT2D eigenvalue weighted by Crippen LogP contribution is -1.94. The summed E-state index contributed by atoms with van der Waals surface area (Å²) in [7, 11) is 0. The lowest BCUT2D eigenvalue weighted by molar-refractivity contribution is 0.861. The number of aryl methyl sites for hydroxylation is 2. The Bertz CT molecular complexity index is 517. The maximum Gasteiger partial charge on any atom is 0.181 e. The Kier molecular flexibility index (Phi) is 4.40. The Labute approximate surface area is 120 Å². The third kappa shape index (κ3) is 3.33. The second-order valence-electron chi connectivity index (χ2n) is 4.67. The molecule has 2 rings (SSSR count). The van der Waals surface area contributed by atoms with Crippen LogP contribution in [0, 0.1) is 0 Å². The molecule has 1 heterocycles. The predicted molar refractivity (Wildman–Crippen MR) is 82.2 cm³/mol. The zero-order chi connectivity index (χ0) is 13.1. The third-order valence-corrected chi connectivity index (χ3v) is 4.62. The first-order chi connectivity index (χ1) is 8.56. The molecule has 0 amide bonds. The predicted octanol–water partition coefficient (Wildman–Crippen LogP) is 4.40. The summed E-state index contributed by atoms with van der Waals surface area (Å²) >= 11 is 4.99. The quantitative estimate of drug-likeness (QED) is 0.905. The molecule has 2 N–H and O–H groups in total. The van der Waals surface area contributed by atoms with E-state index >= 15 is 0 Å². The van der Waals surface area contributed by atoms with Gasteiger partial charge in [-0.1, -0.05) is 49.4 Å². The van der Waals surface area contributed by atoms with Crippen molar-refractivity contribution in [1.82, 2.24) is 4.98 Å². The number of hydrogen-bond acceptors (Lipinski definition) is 3. The molecule has 0 fully saturated rings. The van der Waals surface area contributed by atoms with E-state index in [1.165, 1.54) is 22.5 Å². The molecule has 96 valence electrons. The fraction of sp³-hybridized carbons (Fsp3) is 0.357. The highest BCUT2D eigenvalue weighted by molar-refractivity contribution is 9.11. The van der Waals surface area contributed by atoms with Crippen LogP contribution in [0.2, 0.25) is 0 Å². The van der Waals surface area contributed by atoms with Gasteiger partial charge in [0.2, 0.25) is 0 Å². The van der Waals surface area contributed by atoms with E-state index < -0.39 is 0 Å². The van der Waals surface area contributed by atoms with Crippen molar-refractivity contribution in [2.45, 2.75) is 32.6 Å². The number of aromatic nitrogens is 1. The van der Waals surface area contributed by atoms with Gasteiger partial charge in [-0.3, -0.25) is 0 Å². The fourth-order valence-electron chi connectivity index (χ4n) is 1.84. The zero-order valence-electron chi connectivity index (χ0n) is 10.6. The molecule has 0 aliphatic heterocycles. The topological polar surface area (TPSA) is 38.9 Å². The number of anilines is 1. The first kappa shape index (κ1) is 13.6. The Hall–Kier alpha value is -0.870. The number of halogens is 1. The van der Waals surface area contributed by atoms with Gasteiger partial charge in [-0.15, -0.1) is 0 Å². The number of rotatable bonds is 4. The molecule has 0 atom stereocenters. The van der Waals surface area contributed by atoms with E-state index in [9.17, 15) is 0 Å². The summed E-state index contributed by atoms with van der Waals surface area (Å²) in [6, 6.07) is 8.84. The van der Waals surface area contributed by atoms with Crippen LogP contribution in [0.5, 0.6) is 0 Å². The van der Waals surface area contributed by atoms with E-state index in [1.54, 1.807) is 0 Å². The summed E-state index contributed by atoms with van der Waals surface area (Å²) in [6.45, 7) is 4.42. The van der Waals surface area contributed by atoms with Crippen molar-refractivity contribution < 1.29 is 0 Å². The SMILES string of the molecule is CC(C)c1ccc(CCc2nc(N)sc2Br)cc1. The standard InChI is InChI=1S/C14H17BrN2S/c1-9(2)11-6-3-10(4-7-11)5-8-12-13(15)18-14(16)17-12/h3-4,6-7,9H,5,8H2,1-2H3,(H2,16,17). The molecular weight excluding hydrogens is 308 g/mol. The van der Waals surface area contributed by atoms with E-state index in [4.69, 9.17) is 5.73 Å². The Morgan fingerprint density at radius 2 is 1.89 bits per heavy atom. The largest absolute Gasteiger partial charge is 0.375 e. The van der Waals surface area contributed by atoms with Gasteiger partial charge < -0.3 is 5.73 Å². The molecule has 1 aromatic heterocycles. The molecule has 18 heavy (non-hydrogen) atoms. The van der Waals surface area contributed by atoms with Crippen molar-refractivity contribution in [3.05, 3.63) is 44.9 Å². The molecule has 0 spiro atoms. The summed E-state index contributed by atoms with van der Waals surface area (Å²) in [5.74, 6) is 0.589. The Morgan fingerprint density at radius 1 is 1.22 bits per heavy atom. The van der Waals surface area contributed by atoms with Gasteiger partial charge in [0.25, 0.3) is 0 Å². The summed E-state index contributed by atoms with van der Waals surface area (Å²) < 4.78 is 1.05. The van der Waals surface area contributed by atoms with E-state index in [1.807, 2.05) is 0 Å². The highest BCUT2D eigenvalue weighted by atomic mass is 79.9. The Morgan fingerprint density at radius 3 is 2.39 bits per heavy atom. The molecule has 0 bridgehead atoms. The molecule has 1 aromatic carbocycles. The van der Waals surface area contributed by atoms with E-state index in [2.05, 4.69) is 59.0 Å².